The van der Waals surface area contributed by atoms with Crippen molar-refractivity contribution in [1.29, 1.82) is 0 Å². The van der Waals surface area contributed by atoms with Crippen molar-refractivity contribution in [1.82, 2.24) is 14.6 Å². The molecule has 5 nitrogen and oxygen atoms in total. The summed E-state index contributed by atoms with van der Waals surface area (Å²) in [7, 11) is 0. The highest BCUT2D eigenvalue weighted by Gasteiger charge is 2.20. The maximum absolute atomic E-state index is 12.4. The number of fused-ring (bicyclic) bond motifs is 3. The molecule has 2 aromatic carbocycles. The van der Waals surface area contributed by atoms with E-state index in [4.69, 9.17) is 11.6 Å². The quantitative estimate of drug-likeness (QED) is 0.514. The summed E-state index contributed by atoms with van der Waals surface area (Å²) in [5, 5.41) is 12.4. The second-order valence-corrected chi connectivity index (χ2v) is 8.18. The first-order valence-electron chi connectivity index (χ1n) is 7.57. The van der Waals surface area contributed by atoms with Crippen molar-refractivity contribution in [2.24, 2.45) is 0 Å². The number of amides is 1. The molecule has 0 aliphatic heterocycles. The highest BCUT2D eigenvalue weighted by atomic mass is 35.5. The van der Waals surface area contributed by atoms with E-state index in [9.17, 15) is 4.79 Å². The minimum Gasteiger partial charge on any atom is -0.325 e. The minimum atomic E-state index is -0.318. The maximum atomic E-state index is 12.4. The number of anilines is 1. The van der Waals surface area contributed by atoms with Crippen LogP contribution in [-0.2, 0) is 4.79 Å². The van der Waals surface area contributed by atoms with Gasteiger partial charge in [-0.3, -0.25) is 9.20 Å². The van der Waals surface area contributed by atoms with Gasteiger partial charge in [0.05, 0.1) is 15.5 Å². The Morgan fingerprint density at radius 3 is 2.76 bits per heavy atom. The Morgan fingerprint density at radius 1 is 1.20 bits per heavy atom. The first-order valence-corrected chi connectivity index (χ1v) is 9.65. The third-order valence-electron chi connectivity index (χ3n) is 3.67. The summed E-state index contributed by atoms with van der Waals surface area (Å²) in [4.78, 5) is 13.3. The van der Waals surface area contributed by atoms with Crippen molar-refractivity contribution < 1.29 is 4.79 Å². The third kappa shape index (κ3) is 3.22. The van der Waals surface area contributed by atoms with Gasteiger partial charge >= 0.3 is 0 Å². The molecule has 0 radical (unpaired) electrons. The van der Waals surface area contributed by atoms with Crippen LogP contribution in [0.15, 0.2) is 53.7 Å². The van der Waals surface area contributed by atoms with Gasteiger partial charge in [0.25, 0.3) is 0 Å². The molecule has 0 bridgehead atoms. The second kappa shape index (κ2) is 6.67. The van der Waals surface area contributed by atoms with Gasteiger partial charge in [-0.25, -0.2) is 0 Å². The van der Waals surface area contributed by atoms with Crippen LogP contribution in [0.5, 0.6) is 0 Å². The zero-order valence-electron chi connectivity index (χ0n) is 13.1. The Morgan fingerprint density at radius 2 is 1.96 bits per heavy atom. The van der Waals surface area contributed by atoms with E-state index >= 15 is 0 Å². The molecule has 4 rings (SSSR count). The molecule has 126 valence electrons. The van der Waals surface area contributed by atoms with Gasteiger partial charge in [-0.1, -0.05) is 46.8 Å². The van der Waals surface area contributed by atoms with Crippen molar-refractivity contribution >= 4 is 61.5 Å². The Balaban J connectivity index is 1.56. The first kappa shape index (κ1) is 16.4. The van der Waals surface area contributed by atoms with E-state index < -0.39 is 0 Å². The number of aromatic nitrogens is 3. The molecule has 1 amide bonds. The summed E-state index contributed by atoms with van der Waals surface area (Å²) in [6, 6.07) is 15.1. The molecule has 0 fully saturated rings. The van der Waals surface area contributed by atoms with Crippen LogP contribution < -0.4 is 5.32 Å². The van der Waals surface area contributed by atoms with Gasteiger partial charge in [0.15, 0.2) is 5.16 Å². The Kier molecular flexibility index (Phi) is 4.37. The number of hydrogen-bond donors (Lipinski definition) is 1. The first-order chi connectivity index (χ1) is 12.1. The van der Waals surface area contributed by atoms with E-state index in [0.717, 1.165) is 15.2 Å². The van der Waals surface area contributed by atoms with Crippen LogP contribution in [0.2, 0.25) is 5.02 Å². The number of thioether (sulfide) groups is 1. The monoisotopic (exact) mass is 388 g/mol. The molecule has 2 aromatic heterocycles. The third-order valence-corrected chi connectivity index (χ3v) is 5.98. The van der Waals surface area contributed by atoms with Gasteiger partial charge in [-0.15, -0.1) is 10.2 Å². The van der Waals surface area contributed by atoms with Gasteiger partial charge in [-0.2, -0.15) is 0 Å². The number of carbonyl (C=O) groups excluding carboxylic acids is 1. The average molecular weight is 389 g/mol. The molecule has 0 spiro atoms. The van der Waals surface area contributed by atoms with Crippen LogP contribution in [0.4, 0.5) is 5.69 Å². The van der Waals surface area contributed by atoms with Crippen molar-refractivity contribution in [3.63, 3.8) is 0 Å². The lowest BCUT2D eigenvalue weighted by Crippen LogP contribution is -2.22. The molecule has 8 heteroatoms. The van der Waals surface area contributed by atoms with Gasteiger partial charge in [0, 0.05) is 10.7 Å². The number of nitrogens with zero attached hydrogens (tertiary/aromatic N) is 3. The molecule has 4 aromatic rings. The van der Waals surface area contributed by atoms with Crippen LogP contribution in [0.25, 0.3) is 15.2 Å². The van der Waals surface area contributed by atoms with E-state index in [1.165, 1.54) is 11.8 Å². The number of rotatable bonds is 4. The predicted octanol–water partition coefficient (Wildman–Crippen LogP) is 4.72. The van der Waals surface area contributed by atoms with Crippen LogP contribution in [0.1, 0.15) is 6.92 Å². The number of benzene rings is 2. The highest BCUT2D eigenvalue weighted by molar-refractivity contribution is 8.00. The van der Waals surface area contributed by atoms with E-state index in [-0.39, 0.29) is 11.2 Å². The largest absolute Gasteiger partial charge is 0.325 e. The van der Waals surface area contributed by atoms with Crippen molar-refractivity contribution in [2.75, 3.05) is 5.32 Å². The second-order valence-electron chi connectivity index (χ2n) is 5.43. The van der Waals surface area contributed by atoms with Gasteiger partial charge in [-0.05, 0) is 43.3 Å². The van der Waals surface area contributed by atoms with E-state index in [2.05, 4.69) is 21.6 Å². The molecule has 1 unspecified atom stereocenters. The lowest BCUT2D eigenvalue weighted by atomic mass is 10.3. The zero-order valence-corrected chi connectivity index (χ0v) is 15.5. The molecule has 1 N–H and O–H groups in total. The van der Waals surface area contributed by atoms with E-state index in [1.54, 1.807) is 35.6 Å². The summed E-state index contributed by atoms with van der Waals surface area (Å²) in [6.45, 7) is 1.85. The van der Waals surface area contributed by atoms with Gasteiger partial charge in [0.1, 0.15) is 0 Å². The fourth-order valence-corrected chi connectivity index (χ4v) is 4.43. The number of carbonyl (C=O) groups is 1. The number of hydrogen-bond acceptors (Lipinski definition) is 5. The standard InChI is InChI=1S/C17H13ClN4OS2/c1-10(15(23)19-12-8-6-11(18)7-9-12)24-16-20-21-17-22(16)13-4-2-3-5-14(13)25-17/h2-10H,1H3,(H,19,23). The average Bonchev–Trinajstić information content (AvgIpc) is 3.16. The lowest BCUT2D eigenvalue weighted by molar-refractivity contribution is -0.115. The van der Waals surface area contributed by atoms with Crippen molar-refractivity contribution in [2.45, 2.75) is 17.3 Å². The summed E-state index contributed by atoms with van der Waals surface area (Å²) in [5.74, 6) is -0.0939. The summed E-state index contributed by atoms with van der Waals surface area (Å²) < 4.78 is 3.14. The molecule has 1 atom stereocenters. The molecular formula is C17H13ClN4OS2. The lowest BCUT2D eigenvalue weighted by Gasteiger charge is -2.11. The Bertz CT molecular complexity index is 1060. The Labute approximate surface area is 157 Å². The smallest absolute Gasteiger partial charge is 0.237 e. The molecular weight excluding hydrogens is 376 g/mol. The van der Waals surface area contributed by atoms with Gasteiger partial charge in [0.2, 0.25) is 10.9 Å². The molecule has 0 saturated carbocycles. The molecule has 0 aliphatic carbocycles. The number of nitrogens with one attached hydrogen (secondary N) is 1. The summed E-state index contributed by atoms with van der Waals surface area (Å²) in [5.41, 5.74) is 1.77. The highest BCUT2D eigenvalue weighted by Crippen LogP contribution is 2.31. The number of thiazole rings is 1. The fourth-order valence-electron chi connectivity index (χ4n) is 2.42. The van der Waals surface area contributed by atoms with Crippen LogP contribution in [-0.4, -0.2) is 25.8 Å². The SMILES string of the molecule is CC(Sc1nnc2sc3ccccc3n12)C(=O)Nc1ccc(Cl)cc1. The Hall–Kier alpha value is -2.09. The van der Waals surface area contributed by atoms with Crippen LogP contribution in [0, 0.1) is 0 Å². The minimum absolute atomic E-state index is 0.0939. The normalized spacial score (nSPS) is 12.6. The zero-order chi connectivity index (χ0) is 17.4. The number of para-hydroxylation sites is 1. The van der Waals surface area contributed by atoms with Crippen LogP contribution >= 0.6 is 34.7 Å². The molecule has 0 saturated heterocycles. The molecule has 0 aliphatic rings. The predicted molar refractivity (Wildman–Crippen MR) is 104 cm³/mol. The van der Waals surface area contributed by atoms with E-state index in [1.807, 2.05) is 29.5 Å². The number of halogens is 1. The topological polar surface area (TPSA) is 59.3 Å². The maximum Gasteiger partial charge on any atom is 0.237 e. The molecule has 2 heterocycles. The molecule has 25 heavy (non-hydrogen) atoms. The van der Waals surface area contributed by atoms with E-state index in [0.29, 0.717) is 15.9 Å². The van der Waals surface area contributed by atoms with Crippen molar-refractivity contribution in [3.8, 4) is 0 Å². The fraction of sp³-hybridized carbons (Fsp3) is 0.118. The summed E-state index contributed by atoms with van der Waals surface area (Å²) >= 11 is 8.84. The van der Waals surface area contributed by atoms with Crippen LogP contribution in [0.3, 0.4) is 0 Å². The van der Waals surface area contributed by atoms with Gasteiger partial charge < -0.3 is 5.32 Å². The van der Waals surface area contributed by atoms with Crippen molar-refractivity contribution in [3.05, 3.63) is 53.6 Å². The summed E-state index contributed by atoms with van der Waals surface area (Å²) in [6.07, 6.45) is 0.